The lowest BCUT2D eigenvalue weighted by Gasteiger charge is -2.27. The van der Waals surface area contributed by atoms with Crippen LogP contribution in [-0.4, -0.2) is 30.0 Å². The molecule has 0 radical (unpaired) electrons. The first-order valence-electron chi connectivity index (χ1n) is 8.36. The van der Waals surface area contributed by atoms with E-state index in [4.69, 9.17) is 21.4 Å². The summed E-state index contributed by atoms with van der Waals surface area (Å²) in [5.74, 6) is 1.20. The average Bonchev–Trinajstić information content (AvgIpc) is 2.62. The van der Waals surface area contributed by atoms with Gasteiger partial charge in [0.25, 0.3) is 0 Å². The molecule has 0 bridgehead atoms. The van der Waals surface area contributed by atoms with Crippen LogP contribution in [0.15, 0.2) is 48.5 Å². The second-order valence-corrected chi connectivity index (χ2v) is 6.36. The highest BCUT2D eigenvalue weighted by atomic mass is 35.5. The molecule has 4 nitrogen and oxygen atoms in total. The van der Waals surface area contributed by atoms with Crippen LogP contribution in [0.5, 0.6) is 11.5 Å². The van der Waals surface area contributed by atoms with Crippen LogP contribution in [0, 0.1) is 12.8 Å². The van der Waals surface area contributed by atoms with Gasteiger partial charge in [-0.1, -0.05) is 37.3 Å². The first kappa shape index (κ1) is 19.3. The van der Waals surface area contributed by atoms with E-state index in [9.17, 15) is 4.79 Å². The number of aryl methyl sites for hydroxylation is 1. The SMILES string of the molecule is Cc1ccccc1Oc1ccccc1N(C[C@@H](C)CCO)C(=O)CCl. The van der Waals surface area contributed by atoms with Gasteiger partial charge in [0.1, 0.15) is 11.6 Å². The van der Waals surface area contributed by atoms with Crippen molar-refractivity contribution in [1.29, 1.82) is 0 Å². The first-order valence-corrected chi connectivity index (χ1v) is 8.90. The number of nitrogens with zero attached hydrogens (tertiary/aromatic N) is 1. The molecule has 0 aromatic heterocycles. The molecular weight excluding hydrogens is 338 g/mol. The maximum atomic E-state index is 12.4. The summed E-state index contributed by atoms with van der Waals surface area (Å²) >= 11 is 5.81. The van der Waals surface area contributed by atoms with Gasteiger partial charge < -0.3 is 14.7 Å². The molecule has 134 valence electrons. The summed E-state index contributed by atoms with van der Waals surface area (Å²) in [4.78, 5) is 14.0. The number of aliphatic hydroxyl groups is 1. The van der Waals surface area contributed by atoms with Crippen LogP contribution in [0.2, 0.25) is 0 Å². The summed E-state index contributed by atoms with van der Waals surface area (Å²) in [5, 5.41) is 9.14. The number of hydrogen-bond acceptors (Lipinski definition) is 3. The number of aliphatic hydroxyl groups excluding tert-OH is 1. The van der Waals surface area contributed by atoms with Crippen molar-refractivity contribution >= 4 is 23.2 Å². The molecule has 1 atom stereocenters. The van der Waals surface area contributed by atoms with Crippen molar-refractivity contribution in [2.75, 3.05) is 23.9 Å². The first-order chi connectivity index (χ1) is 12.1. The van der Waals surface area contributed by atoms with Gasteiger partial charge in [-0.3, -0.25) is 4.79 Å². The molecule has 1 amide bonds. The Morgan fingerprint density at radius 2 is 1.80 bits per heavy atom. The van der Waals surface area contributed by atoms with Gasteiger partial charge in [0, 0.05) is 13.2 Å². The average molecular weight is 362 g/mol. The zero-order valence-corrected chi connectivity index (χ0v) is 15.4. The monoisotopic (exact) mass is 361 g/mol. The van der Waals surface area contributed by atoms with Gasteiger partial charge in [0.05, 0.1) is 5.69 Å². The third-order valence-corrected chi connectivity index (χ3v) is 4.23. The van der Waals surface area contributed by atoms with Crippen LogP contribution >= 0.6 is 11.6 Å². The topological polar surface area (TPSA) is 49.8 Å². The number of amides is 1. The van der Waals surface area contributed by atoms with E-state index in [0.717, 1.165) is 11.3 Å². The number of rotatable bonds is 8. The van der Waals surface area contributed by atoms with E-state index >= 15 is 0 Å². The second kappa shape index (κ2) is 9.44. The minimum Gasteiger partial charge on any atom is -0.455 e. The molecule has 1 N–H and O–H groups in total. The van der Waals surface area contributed by atoms with Gasteiger partial charge in [-0.05, 0) is 43.0 Å². The van der Waals surface area contributed by atoms with Crippen molar-refractivity contribution in [3.05, 3.63) is 54.1 Å². The molecule has 0 spiro atoms. The quantitative estimate of drug-likeness (QED) is 0.710. The number of benzene rings is 2. The Kier molecular flexibility index (Phi) is 7.29. The van der Waals surface area contributed by atoms with Gasteiger partial charge in [-0.2, -0.15) is 0 Å². The van der Waals surface area contributed by atoms with Crippen molar-refractivity contribution in [3.8, 4) is 11.5 Å². The van der Waals surface area contributed by atoms with Crippen LogP contribution in [-0.2, 0) is 4.79 Å². The molecule has 2 aromatic rings. The summed E-state index contributed by atoms with van der Waals surface area (Å²) in [6, 6.07) is 15.2. The minimum atomic E-state index is -0.188. The fourth-order valence-corrected chi connectivity index (χ4v) is 2.73. The van der Waals surface area contributed by atoms with E-state index in [2.05, 4.69) is 0 Å². The Labute approximate surface area is 154 Å². The zero-order chi connectivity index (χ0) is 18.2. The third-order valence-electron chi connectivity index (χ3n) is 4.00. The molecule has 2 rings (SSSR count). The lowest BCUT2D eigenvalue weighted by atomic mass is 10.1. The van der Waals surface area contributed by atoms with E-state index in [1.165, 1.54) is 0 Å². The van der Waals surface area contributed by atoms with Gasteiger partial charge >= 0.3 is 0 Å². The number of alkyl halides is 1. The third kappa shape index (κ3) is 5.21. The largest absolute Gasteiger partial charge is 0.455 e. The fraction of sp³-hybridized carbons (Fsp3) is 0.350. The minimum absolute atomic E-state index is 0.0887. The van der Waals surface area contributed by atoms with E-state index < -0.39 is 0 Å². The number of carbonyl (C=O) groups excluding carboxylic acids is 1. The zero-order valence-electron chi connectivity index (χ0n) is 14.6. The molecule has 0 heterocycles. The molecule has 0 fully saturated rings. The highest BCUT2D eigenvalue weighted by Crippen LogP contribution is 2.34. The number of anilines is 1. The van der Waals surface area contributed by atoms with Crippen LogP contribution in [0.25, 0.3) is 0 Å². The molecule has 0 saturated heterocycles. The van der Waals surface area contributed by atoms with Crippen LogP contribution < -0.4 is 9.64 Å². The van der Waals surface area contributed by atoms with Crippen molar-refractivity contribution in [3.63, 3.8) is 0 Å². The number of hydrogen-bond donors (Lipinski definition) is 1. The smallest absolute Gasteiger partial charge is 0.242 e. The van der Waals surface area contributed by atoms with Crippen molar-refractivity contribution in [1.82, 2.24) is 0 Å². The maximum absolute atomic E-state index is 12.4. The lowest BCUT2D eigenvalue weighted by molar-refractivity contribution is -0.116. The predicted molar refractivity (Wildman–Crippen MR) is 102 cm³/mol. The number of halogens is 1. The Bertz CT molecular complexity index is 705. The molecular formula is C20H24ClNO3. The van der Waals surface area contributed by atoms with Crippen LogP contribution in [0.3, 0.4) is 0 Å². The Balaban J connectivity index is 2.34. The van der Waals surface area contributed by atoms with E-state index in [1.54, 1.807) is 4.90 Å². The summed E-state index contributed by atoms with van der Waals surface area (Å²) in [7, 11) is 0. The molecule has 0 unspecified atom stereocenters. The van der Waals surface area contributed by atoms with Gasteiger partial charge in [0.2, 0.25) is 5.91 Å². The highest BCUT2D eigenvalue weighted by molar-refractivity contribution is 6.29. The summed E-state index contributed by atoms with van der Waals surface area (Å²) in [6.45, 7) is 4.53. The summed E-state index contributed by atoms with van der Waals surface area (Å²) in [6.07, 6.45) is 0.618. The van der Waals surface area contributed by atoms with Gasteiger partial charge in [0.15, 0.2) is 5.75 Å². The van der Waals surface area contributed by atoms with Crippen LogP contribution in [0.4, 0.5) is 5.69 Å². The standard InChI is InChI=1S/C20H24ClNO3/c1-15(11-12-23)14-22(20(24)13-21)17-8-4-6-10-19(17)25-18-9-5-3-7-16(18)2/h3-10,15,23H,11-14H2,1-2H3/t15-/m0/s1. The Morgan fingerprint density at radius 1 is 1.16 bits per heavy atom. The maximum Gasteiger partial charge on any atom is 0.242 e. The van der Waals surface area contributed by atoms with E-state index in [1.807, 2.05) is 62.4 Å². The number of carbonyl (C=O) groups is 1. The molecule has 2 aromatic carbocycles. The van der Waals surface area contributed by atoms with Crippen molar-refractivity contribution < 1.29 is 14.6 Å². The molecule has 5 heteroatoms. The predicted octanol–water partition coefficient (Wildman–Crippen LogP) is 4.38. The fourth-order valence-electron chi connectivity index (χ4n) is 2.59. The normalized spacial score (nSPS) is 11.8. The molecule has 0 saturated carbocycles. The van der Waals surface area contributed by atoms with Gasteiger partial charge in [-0.25, -0.2) is 0 Å². The molecule has 25 heavy (non-hydrogen) atoms. The lowest BCUT2D eigenvalue weighted by Crippen LogP contribution is -2.36. The Hall–Kier alpha value is -2.04. The van der Waals surface area contributed by atoms with Gasteiger partial charge in [-0.15, -0.1) is 11.6 Å². The second-order valence-electron chi connectivity index (χ2n) is 6.09. The number of para-hydroxylation sites is 3. The molecule has 0 aliphatic carbocycles. The van der Waals surface area contributed by atoms with Crippen molar-refractivity contribution in [2.24, 2.45) is 5.92 Å². The molecule has 0 aliphatic rings. The Morgan fingerprint density at radius 3 is 2.44 bits per heavy atom. The number of ether oxygens (including phenoxy) is 1. The summed E-state index contributed by atoms with van der Waals surface area (Å²) in [5.41, 5.74) is 1.70. The highest BCUT2D eigenvalue weighted by Gasteiger charge is 2.21. The van der Waals surface area contributed by atoms with Crippen LogP contribution in [0.1, 0.15) is 18.9 Å². The molecule has 0 aliphatic heterocycles. The summed E-state index contributed by atoms with van der Waals surface area (Å²) < 4.78 is 6.07. The van der Waals surface area contributed by atoms with E-state index in [0.29, 0.717) is 24.4 Å². The van der Waals surface area contributed by atoms with E-state index in [-0.39, 0.29) is 24.3 Å². The van der Waals surface area contributed by atoms with Crippen molar-refractivity contribution in [2.45, 2.75) is 20.3 Å².